The number of carbonyl (C=O) groups is 1. The van der Waals surface area contributed by atoms with Crippen LogP contribution < -0.4 is 4.74 Å². The van der Waals surface area contributed by atoms with E-state index >= 15 is 0 Å². The number of methoxy groups -OCH3 is 1. The molecule has 0 aliphatic heterocycles. The molecule has 1 amide bonds. The minimum atomic E-state index is -0.886. The van der Waals surface area contributed by atoms with E-state index in [-0.39, 0.29) is 17.9 Å². The second kappa shape index (κ2) is 8.45. The molecule has 2 N–H and O–H groups in total. The summed E-state index contributed by atoms with van der Waals surface area (Å²) in [5.41, 5.74) is -1.18. The van der Waals surface area contributed by atoms with Crippen LogP contribution in [-0.4, -0.2) is 50.1 Å². The first-order valence-corrected chi connectivity index (χ1v) is 7.69. The number of benzene rings is 1. The van der Waals surface area contributed by atoms with Gasteiger partial charge in [0.2, 0.25) is 5.75 Å². The van der Waals surface area contributed by atoms with Crippen molar-refractivity contribution in [1.29, 1.82) is 5.26 Å². The van der Waals surface area contributed by atoms with E-state index in [2.05, 4.69) is 9.97 Å². The Hall–Kier alpha value is -4.20. The van der Waals surface area contributed by atoms with Crippen LogP contribution in [0.15, 0.2) is 36.3 Å². The van der Waals surface area contributed by atoms with Gasteiger partial charge in [0.05, 0.1) is 30.5 Å². The van der Waals surface area contributed by atoms with Crippen LogP contribution in [0.3, 0.4) is 0 Å². The lowest BCUT2D eigenvalue weighted by Crippen LogP contribution is -2.28. The van der Waals surface area contributed by atoms with Crippen LogP contribution >= 0.6 is 0 Å². The van der Waals surface area contributed by atoms with Gasteiger partial charge in [-0.3, -0.25) is 24.9 Å². The molecule has 0 saturated carbocycles. The Morgan fingerprint density at radius 2 is 2.14 bits per heavy atom. The van der Waals surface area contributed by atoms with Gasteiger partial charge in [-0.25, -0.2) is 0 Å². The number of hydrogen-bond donors (Lipinski definition) is 2. The Kier molecular flexibility index (Phi) is 6.07. The average molecular weight is 385 g/mol. The molecule has 0 radical (unpaired) electrons. The Bertz CT molecular complexity index is 984. The van der Waals surface area contributed by atoms with E-state index in [1.165, 1.54) is 25.6 Å². The van der Waals surface area contributed by atoms with E-state index in [9.17, 15) is 30.4 Å². The second-order valence-corrected chi connectivity index (χ2v) is 5.50. The summed E-state index contributed by atoms with van der Waals surface area (Å²) in [4.78, 5) is 31.8. The zero-order chi connectivity index (χ0) is 20.8. The zero-order valence-corrected chi connectivity index (χ0v) is 14.9. The second-order valence-electron chi connectivity index (χ2n) is 5.50. The summed E-state index contributed by atoms with van der Waals surface area (Å²) < 4.78 is 4.85. The first kappa shape index (κ1) is 20.1. The lowest BCUT2D eigenvalue weighted by atomic mass is 10.1. The predicted octanol–water partition coefficient (Wildman–Crippen LogP) is 1.55. The number of phenolic OH excluding ortho intramolecular Hbond substituents is 1. The van der Waals surface area contributed by atoms with E-state index in [4.69, 9.17) is 4.74 Å². The highest BCUT2D eigenvalue weighted by Gasteiger charge is 2.25. The molecule has 0 spiro atoms. The number of amides is 1. The summed E-state index contributed by atoms with van der Waals surface area (Å²) in [7, 11) is 2.55. The van der Waals surface area contributed by atoms with Crippen LogP contribution in [-0.2, 0) is 11.3 Å². The molecule has 0 bridgehead atoms. The quantitative estimate of drug-likeness (QED) is 0.247. The highest BCUT2D eigenvalue weighted by molar-refractivity contribution is 6.03. The molecule has 0 aliphatic rings. The Morgan fingerprint density at radius 3 is 2.68 bits per heavy atom. The zero-order valence-electron chi connectivity index (χ0n) is 14.9. The molecule has 11 nitrogen and oxygen atoms in total. The van der Waals surface area contributed by atoms with Crippen LogP contribution in [0.1, 0.15) is 11.3 Å². The number of rotatable bonds is 6. The lowest BCUT2D eigenvalue weighted by Gasteiger charge is -2.16. The number of likely N-dealkylation sites (N-methyl/N-ethyl adjacent to an activating group) is 1. The van der Waals surface area contributed by atoms with Crippen LogP contribution in [0.25, 0.3) is 5.76 Å². The van der Waals surface area contributed by atoms with Crippen LogP contribution in [0.5, 0.6) is 11.5 Å². The van der Waals surface area contributed by atoms with Crippen molar-refractivity contribution in [3.05, 3.63) is 57.7 Å². The number of nitriles is 1. The van der Waals surface area contributed by atoms with Gasteiger partial charge >= 0.3 is 5.69 Å². The number of carbonyl (C=O) groups excluding carboxylic acids is 1. The van der Waals surface area contributed by atoms with Crippen molar-refractivity contribution in [2.24, 2.45) is 0 Å². The third-order valence-electron chi connectivity index (χ3n) is 3.67. The molecular formula is C17H15N5O6. The van der Waals surface area contributed by atoms with Gasteiger partial charge in [0.1, 0.15) is 11.8 Å². The van der Waals surface area contributed by atoms with Crippen LogP contribution in [0.4, 0.5) is 5.69 Å². The number of hydrogen-bond acceptors (Lipinski definition) is 9. The molecule has 2 aromatic rings. The van der Waals surface area contributed by atoms with Gasteiger partial charge in [0.25, 0.3) is 5.91 Å². The largest absolute Gasteiger partial charge is 0.506 e. The summed E-state index contributed by atoms with van der Waals surface area (Å²) in [5, 5.41) is 40.6. The first-order chi connectivity index (χ1) is 13.3. The molecule has 0 saturated heterocycles. The maximum absolute atomic E-state index is 12.6. The fourth-order valence-corrected chi connectivity index (χ4v) is 2.29. The maximum atomic E-state index is 12.6. The van der Waals surface area contributed by atoms with Gasteiger partial charge in [-0.15, -0.1) is 0 Å². The van der Waals surface area contributed by atoms with Gasteiger partial charge in [-0.05, 0) is 6.07 Å². The van der Waals surface area contributed by atoms with Gasteiger partial charge in [-0.2, -0.15) is 5.26 Å². The van der Waals surface area contributed by atoms with Crippen molar-refractivity contribution in [1.82, 2.24) is 14.9 Å². The van der Waals surface area contributed by atoms with E-state index in [0.29, 0.717) is 5.69 Å². The van der Waals surface area contributed by atoms with Crippen molar-refractivity contribution < 1.29 is 24.7 Å². The lowest BCUT2D eigenvalue weighted by molar-refractivity contribution is -0.386. The van der Waals surface area contributed by atoms with Gasteiger partial charge in [0.15, 0.2) is 11.3 Å². The topological polar surface area (TPSA) is 163 Å². The fourth-order valence-electron chi connectivity index (χ4n) is 2.29. The monoisotopic (exact) mass is 385 g/mol. The summed E-state index contributed by atoms with van der Waals surface area (Å²) in [5.74, 6) is -2.66. The molecule has 0 atom stereocenters. The molecule has 1 heterocycles. The molecule has 1 aromatic carbocycles. The molecular weight excluding hydrogens is 370 g/mol. The number of aromatic hydroxyl groups is 1. The Morgan fingerprint density at radius 1 is 1.43 bits per heavy atom. The Balaban J connectivity index is 2.45. The Labute approximate surface area is 158 Å². The molecule has 28 heavy (non-hydrogen) atoms. The predicted molar refractivity (Wildman–Crippen MR) is 95.0 cm³/mol. The molecule has 0 unspecified atom stereocenters. The van der Waals surface area contributed by atoms with Crippen LogP contribution in [0, 0.1) is 21.4 Å². The molecule has 2 rings (SSSR count). The smallest absolute Gasteiger partial charge is 0.315 e. The van der Waals surface area contributed by atoms with Crippen molar-refractivity contribution in [2.75, 3.05) is 14.2 Å². The molecule has 0 aliphatic carbocycles. The van der Waals surface area contributed by atoms with E-state index < -0.39 is 33.6 Å². The number of nitro benzene ring substituents is 1. The number of ether oxygens (including phenoxy) is 1. The normalized spacial score (nSPS) is 11.2. The molecule has 1 aromatic heterocycles. The molecule has 144 valence electrons. The highest BCUT2D eigenvalue weighted by atomic mass is 16.6. The summed E-state index contributed by atoms with van der Waals surface area (Å²) in [6, 6.07) is 3.50. The average Bonchev–Trinajstić information content (AvgIpc) is 2.68. The number of aliphatic hydroxyl groups excluding tert-OH is 1. The minimum absolute atomic E-state index is 0.0180. The number of nitro groups is 1. The third kappa shape index (κ3) is 4.13. The summed E-state index contributed by atoms with van der Waals surface area (Å²) in [6.45, 7) is 0.0180. The highest BCUT2D eigenvalue weighted by Crippen LogP contribution is 2.38. The van der Waals surface area contributed by atoms with Gasteiger partial charge in [-0.1, -0.05) is 0 Å². The van der Waals surface area contributed by atoms with E-state index in [1.54, 1.807) is 6.07 Å². The number of phenols is 1. The summed E-state index contributed by atoms with van der Waals surface area (Å²) in [6.07, 6.45) is 4.34. The fraction of sp³-hybridized carbons (Fsp3) is 0.176. The van der Waals surface area contributed by atoms with Crippen molar-refractivity contribution in [3.63, 3.8) is 0 Å². The van der Waals surface area contributed by atoms with Crippen LogP contribution in [0.2, 0.25) is 0 Å². The number of aromatic nitrogens is 2. The number of aliphatic hydroxyl groups is 1. The first-order valence-electron chi connectivity index (χ1n) is 7.69. The summed E-state index contributed by atoms with van der Waals surface area (Å²) >= 11 is 0. The maximum Gasteiger partial charge on any atom is 0.315 e. The van der Waals surface area contributed by atoms with Crippen molar-refractivity contribution >= 4 is 17.4 Å². The molecule has 0 fully saturated rings. The van der Waals surface area contributed by atoms with E-state index in [0.717, 1.165) is 24.1 Å². The van der Waals surface area contributed by atoms with Crippen molar-refractivity contribution in [3.8, 4) is 17.6 Å². The minimum Gasteiger partial charge on any atom is -0.506 e. The van der Waals surface area contributed by atoms with E-state index in [1.807, 2.05) is 0 Å². The third-order valence-corrected chi connectivity index (χ3v) is 3.67. The van der Waals surface area contributed by atoms with Gasteiger partial charge < -0.3 is 19.8 Å². The number of nitrogens with zero attached hydrogens (tertiary/aromatic N) is 5. The standard InChI is InChI=1S/C17H15N5O6/c1-21(9-11-8-19-3-4-20-11)17(25)12(7-18)15(23)10-5-13(22(26)27)16(24)14(6-10)28-2/h3-6,8,23-24H,9H2,1-2H3/b15-12-. The van der Waals surface area contributed by atoms with Gasteiger partial charge in [0, 0.05) is 31.1 Å². The SMILES string of the molecule is COc1cc(/C(O)=C(\C#N)C(=O)N(C)Cc2cnccn2)cc([N+](=O)[O-])c1O. The molecule has 11 heteroatoms. The van der Waals surface area contributed by atoms with Crippen molar-refractivity contribution in [2.45, 2.75) is 6.54 Å².